The number of halogens is 1. The molecule has 8 nitrogen and oxygen atoms in total. The van der Waals surface area contributed by atoms with Gasteiger partial charge in [-0.25, -0.2) is 14.4 Å². The summed E-state index contributed by atoms with van der Waals surface area (Å²) in [6, 6.07) is 11.4. The molecular formula is C26H27FN6O2. The number of aliphatic hydroxyl groups excluding tert-OH is 1. The molecule has 1 aromatic carbocycles. The van der Waals surface area contributed by atoms with Crippen LogP contribution in [0.15, 0.2) is 42.6 Å². The van der Waals surface area contributed by atoms with E-state index in [1.165, 1.54) is 0 Å². The topological polar surface area (TPSA) is 90.4 Å². The smallest absolute Gasteiger partial charge is 0.147 e. The van der Waals surface area contributed by atoms with Crippen molar-refractivity contribution < 1.29 is 14.2 Å². The van der Waals surface area contributed by atoms with Crippen LogP contribution in [0.4, 0.5) is 10.2 Å². The number of benzene rings is 1. The van der Waals surface area contributed by atoms with E-state index in [1.54, 1.807) is 38.4 Å². The molecule has 5 heterocycles. The van der Waals surface area contributed by atoms with Crippen LogP contribution in [0.1, 0.15) is 12.0 Å². The first-order valence-corrected chi connectivity index (χ1v) is 11.8. The summed E-state index contributed by atoms with van der Waals surface area (Å²) in [6.45, 7) is 5.17. The van der Waals surface area contributed by atoms with E-state index in [9.17, 15) is 9.50 Å². The van der Waals surface area contributed by atoms with Gasteiger partial charge in [0.2, 0.25) is 0 Å². The van der Waals surface area contributed by atoms with Gasteiger partial charge in [0, 0.05) is 55.6 Å². The second kappa shape index (κ2) is 8.58. The van der Waals surface area contributed by atoms with Gasteiger partial charge in [-0.1, -0.05) is 12.1 Å². The summed E-state index contributed by atoms with van der Waals surface area (Å²) in [5.74, 6) is 1.07. The molecule has 0 amide bonds. The number of rotatable bonds is 4. The maximum absolute atomic E-state index is 14.9. The molecule has 2 aliphatic rings. The summed E-state index contributed by atoms with van der Waals surface area (Å²) < 4.78 is 20.4. The van der Waals surface area contributed by atoms with Crippen molar-refractivity contribution in [2.45, 2.75) is 25.5 Å². The predicted molar refractivity (Wildman–Crippen MR) is 132 cm³/mol. The Bertz CT molecular complexity index is 1390. The Morgan fingerprint density at radius 1 is 1.14 bits per heavy atom. The number of anilines is 1. The number of nitrogens with one attached hydrogen (secondary N) is 1. The van der Waals surface area contributed by atoms with Gasteiger partial charge >= 0.3 is 0 Å². The number of piperazine rings is 1. The third-order valence-electron chi connectivity index (χ3n) is 7.11. The van der Waals surface area contributed by atoms with E-state index in [4.69, 9.17) is 14.7 Å². The Kier molecular flexibility index (Phi) is 5.38. The van der Waals surface area contributed by atoms with Crippen molar-refractivity contribution in [3.8, 4) is 28.3 Å². The highest BCUT2D eigenvalue weighted by molar-refractivity contribution is 5.92. The summed E-state index contributed by atoms with van der Waals surface area (Å²) in [5.41, 5.74) is 4.18. The van der Waals surface area contributed by atoms with E-state index < -0.39 is 0 Å². The molecule has 180 valence electrons. The minimum absolute atomic E-state index is 0.229. The van der Waals surface area contributed by atoms with Crippen LogP contribution < -0.4 is 9.64 Å². The van der Waals surface area contributed by atoms with Crippen LogP contribution in [-0.4, -0.2) is 75.6 Å². The third kappa shape index (κ3) is 3.81. The Hall–Kier alpha value is -3.56. The van der Waals surface area contributed by atoms with Crippen LogP contribution >= 0.6 is 0 Å². The Labute approximate surface area is 202 Å². The van der Waals surface area contributed by atoms with Gasteiger partial charge in [0.1, 0.15) is 34.3 Å². The Morgan fingerprint density at radius 2 is 2.03 bits per heavy atom. The molecule has 0 bridgehead atoms. The minimum atomic E-state index is -0.316. The fraction of sp³-hybridized carbons (Fsp3) is 0.346. The van der Waals surface area contributed by atoms with Gasteiger partial charge in [-0.15, -0.1) is 0 Å². The van der Waals surface area contributed by atoms with Crippen LogP contribution in [0.25, 0.3) is 33.5 Å². The number of hydrogen-bond acceptors (Lipinski definition) is 7. The maximum atomic E-state index is 14.9. The molecule has 0 unspecified atom stereocenters. The van der Waals surface area contributed by atoms with E-state index in [1.807, 2.05) is 18.2 Å². The minimum Gasteiger partial charge on any atom is -0.494 e. The van der Waals surface area contributed by atoms with E-state index in [2.05, 4.69) is 20.0 Å². The second-order valence-corrected chi connectivity index (χ2v) is 9.33. The zero-order valence-electron chi connectivity index (χ0n) is 19.7. The van der Waals surface area contributed by atoms with E-state index >= 15 is 0 Å². The van der Waals surface area contributed by atoms with Gasteiger partial charge in [0.15, 0.2) is 0 Å². The first-order valence-electron chi connectivity index (χ1n) is 11.8. The predicted octanol–water partition coefficient (Wildman–Crippen LogP) is 3.40. The number of fused-ring (bicyclic) bond motifs is 2. The average Bonchev–Trinajstić information content (AvgIpc) is 3.46. The maximum Gasteiger partial charge on any atom is 0.147 e. The molecule has 2 atom stereocenters. The standard InChI is InChI=1S/C26H27FN6O2/c1-15-4-3-5-19(23(15)27)25-21(35-2)11-20-26(29-25)24(31-30-20)16-6-7-22(28-12-16)33-9-8-32-14-18(34)10-17(32)13-33/h3-7,11-12,17-18,34H,8-10,13-14H2,1-2H3,(H,30,31)/t17-,18+/m0/s1. The monoisotopic (exact) mass is 474 g/mol. The number of nitrogens with zero attached hydrogens (tertiary/aromatic N) is 5. The molecule has 2 N–H and O–H groups in total. The van der Waals surface area contributed by atoms with Gasteiger partial charge in [-0.05, 0) is 37.1 Å². The number of H-pyrrole nitrogens is 1. The summed E-state index contributed by atoms with van der Waals surface area (Å²) in [5, 5.41) is 17.5. The molecule has 0 saturated carbocycles. The van der Waals surface area contributed by atoms with Crippen molar-refractivity contribution in [3.63, 3.8) is 0 Å². The molecule has 3 aromatic heterocycles. The first-order chi connectivity index (χ1) is 17.0. The molecule has 2 aliphatic heterocycles. The number of methoxy groups -OCH3 is 1. The molecule has 35 heavy (non-hydrogen) atoms. The highest BCUT2D eigenvalue weighted by Crippen LogP contribution is 2.36. The number of hydrogen-bond donors (Lipinski definition) is 2. The molecular weight excluding hydrogens is 447 g/mol. The lowest BCUT2D eigenvalue weighted by Gasteiger charge is -2.37. The van der Waals surface area contributed by atoms with Crippen LogP contribution in [0, 0.1) is 12.7 Å². The molecule has 0 radical (unpaired) electrons. The Balaban J connectivity index is 1.33. The first kappa shape index (κ1) is 21.9. The number of ether oxygens (including phenoxy) is 1. The molecule has 9 heteroatoms. The number of pyridine rings is 2. The number of aryl methyl sites for hydroxylation is 1. The fourth-order valence-corrected chi connectivity index (χ4v) is 5.25. The number of aliphatic hydroxyl groups is 1. The lowest BCUT2D eigenvalue weighted by atomic mass is 10.1. The van der Waals surface area contributed by atoms with Crippen LogP contribution in [0.3, 0.4) is 0 Å². The van der Waals surface area contributed by atoms with Crippen molar-refractivity contribution in [2.24, 2.45) is 0 Å². The van der Waals surface area contributed by atoms with Crippen LogP contribution in [0.2, 0.25) is 0 Å². The molecule has 2 saturated heterocycles. The molecule has 0 aliphatic carbocycles. The average molecular weight is 475 g/mol. The normalized spacial score (nSPS) is 20.4. The lowest BCUT2D eigenvalue weighted by Crippen LogP contribution is -2.50. The van der Waals surface area contributed by atoms with Crippen LogP contribution in [0.5, 0.6) is 5.75 Å². The molecule has 6 rings (SSSR count). The van der Waals surface area contributed by atoms with Crippen molar-refractivity contribution >= 4 is 16.9 Å². The quantitative estimate of drug-likeness (QED) is 0.469. The second-order valence-electron chi connectivity index (χ2n) is 9.33. The van der Waals surface area contributed by atoms with Gasteiger partial charge < -0.3 is 14.7 Å². The SMILES string of the molecule is COc1cc2[nH]nc(-c3ccc(N4CCN5C[C@H](O)C[C@H]5C4)nc3)c2nc1-c1cccc(C)c1F. The molecule has 4 aromatic rings. The van der Waals surface area contributed by atoms with Crippen molar-refractivity contribution in [1.82, 2.24) is 25.1 Å². The summed E-state index contributed by atoms with van der Waals surface area (Å²) in [4.78, 5) is 14.1. The zero-order chi connectivity index (χ0) is 24.1. The van der Waals surface area contributed by atoms with E-state index in [-0.39, 0.29) is 11.9 Å². The Morgan fingerprint density at radius 3 is 2.83 bits per heavy atom. The largest absolute Gasteiger partial charge is 0.494 e. The lowest BCUT2D eigenvalue weighted by molar-refractivity contribution is 0.173. The van der Waals surface area contributed by atoms with Gasteiger partial charge in [0.05, 0.1) is 18.7 Å². The molecule has 0 spiro atoms. The van der Waals surface area contributed by atoms with E-state index in [0.717, 1.165) is 44.0 Å². The van der Waals surface area contributed by atoms with Crippen molar-refractivity contribution in [1.29, 1.82) is 0 Å². The van der Waals surface area contributed by atoms with Crippen LogP contribution in [-0.2, 0) is 0 Å². The highest BCUT2D eigenvalue weighted by Gasteiger charge is 2.35. The van der Waals surface area contributed by atoms with Crippen molar-refractivity contribution in [3.05, 3.63) is 54.0 Å². The highest BCUT2D eigenvalue weighted by atomic mass is 19.1. The summed E-state index contributed by atoms with van der Waals surface area (Å²) >= 11 is 0. The van der Waals surface area contributed by atoms with Gasteiger partial charge in [-0.2, -0.15) is 5.10 Å². The number of aromatic amines is 1. The molecule has 2 fully saturated rings. The fourth-order valence-electron chi connectivity index (χ4n) is 5.25. The zero-order valence-corrected chi connectivity index (χ0v) is 19.7. The summed E-state index contributed by atoms with van der Waals surface area (Å²) in [6.07, 6.45) is 2.39. The van der Waals surface area contributed by atoms with Crippen molar-refractivity contribution in [2.75, 3.05) is 38.2 Å². The summed E-state index contributed by atoms with van der Waals surface area (Å²) in [7, 11) is 1.55. The third-order valence-corrected chi connectivity index (χ3v) is 7.11. The van der Waals surface area contributed by atoms with Gasteiger partial charge in [-0.3, -0.25) is 10.00 Å². The van der Waals surface area contributed by atoms with Gasteiger partial charge in [0.25, 0.3) is 0 Å². The number of aromatic nitrogens is 4. The van der Waals surface area contributed by atoms with E-state index in [0.29, 0.717) is 45.3 Å².